The quantitative estimate of drug-likeness (QED) is 0.408. The molecule has 10 nitrogen and oxygen atoms in total. The third kappa shape index (κ3) is 6.82. The summed E-state index contributed by atoms with van der Waals surface area (Å²) >= 11 is 5.84. The molecule has 0 radical (unpaired) electrons. The van der Waals surface area contributed by atoms with Gasteiger partial charge in [-0.15, -0.1) is 0 Å². The highest BCUT2D eigenvalue weighted by atomic mass is 35.5. The lowest BCUT2D eigenvalue weighted by Crippen LogP contribution is -2.32. The molecule has 0 spiro atoms. The fraction of sp³-hybridized carbons (Fsp3) is 0.280. The summed E-state index contributed by atoms with van der Waals surface area (Å²) in [5.41, 5.74) is 6.22. The van der Waals surface area contributed by atoms with Crippen molar-refractivity contribution in [3.8, 4) is 5.75 Å². The first-order valence-corrected chi connectivity index (χ1v) is 13.8. The second-order valence-corrected chi connectivity index (χ2v) is 11.2. The van der Waals surface area contributed by atoms with Gasteiger partial charge >= 0.3 is 0 Å². The highest BCUT2D eigenvalue weighted by molar-refractivity contribution is 7.90. The maximum atomic E-state index is 13.3. The topological polar surface area (TPSA) is 153 Å². The number of pyridine rings is 2. The molecular formula is C25H26ClN5O5S. The van der Waals surface area contributed by atoms with E-state index in [0.717, 1.165) is 19.1 Å². The molecule has 12 heteroatoms. The van der Waals surface area contributed by atoms with Crippen LogP contribution in [0.2, 0.25) is 5.02 Å². The van der Waals surface area contributed by atoms with Crippen molar-refractivity contribution in [1.82, 2.24) is 9.97 Å². The molecule has 3 aromatic rings. The van der Waals surface area contributed by atoms with Crippen molar-refractivity contribution >= 4 is 44.8 Å². The van der Waals surface area contributed by atoms with Crippen molar-refractivity contribution in [2.45, 2.75) is 42.7 Å². The van der Waals surface area contributed by atoms with Gasteiger partial charge in [0.05, 0.1) is 27.3 Å². The van der Waals surface area contributed by atoms with Crippen LogP contribution in [-0.4, -0.2) is 48.6 Å². The highest BCUT2D eigenvalue weighted by Gasteiger charge is 2.25. The fourth-order valence-corrected chi connectivity index (χ4v) is 4.65. The lowest BCUT2D eigenvalue weighted by Gasteiger charge is -2.27. The van der Waals surface area contributed by atoms with Crippen LogP contribution < -0.4 is 21.1 Å². The number of nitrogens with one attached hydrogen (secondary N) is 2. The summed E-state index contributed by atoms with van der Waals surface area (Å²) in [6.45, 7) is 0. The molecule has 194 valence electrons. The zero-order valence-electron chi connectivity index (χ0n) is 20.0. The number of ether oxygens (including phenoxy) is 1. The van der Waals surface area contributed by atoms with Gasteiger partial charge in [-0.05, 0) is 68.1 Å². The Morgan fingerprint density at radius 3 is 2.46 bits per heavy atom. The number of rotatable bonds is 7. The van der Waals surface area contributed by atoms with Crippen LogP contribution in [0.5, 0.6) is 5.75 Å². The number of hydrogen-bond acceptors (Lipinski definition) is 8. The maximum Gasteiger partial charge on any atom is 0.277 e. The molecule has 1 aliphatic rings. The van der Waals surface area contributed by atoms with Crippen LogP contribution in [0.3, 0.4) is 0 Å². The number of anilines is 2. The van der Waals surface area contributed by atoms with Crippen LogP contribution in [0.25, 0.3) is 0 Å². The van der Waals surface area contributed by atoms with Gasteiger partial charge in [0.15, 0.2) is 15.5 Å². The lowest BCUT2D eigenvalue weighted by atomic mass is 9.93. The monoisotopic (exact) mass is 543 g/mol. The van der Waals surface area contributed by atoms with Gasteiger partial charge in [-0.2, -0.15) is 0 Å². The van der Waals surface area contributed by atoms with Crippen molar-refractivity contribution in [2.24, 2.45) is 5.73 Å². The van der Waals surface area contributed by atoms with E-state index in [-0.39, 0.29) is 45.6 Å². The van der Waals surface area contributed by atoms with Crippen molar-refractivity contribution in [3.63, 3.8) is 0 Å². The van der Waals surface area contributed by atoms with E-state index in [9.17, 15) is 18.0 Å². The molecule has 2 aromatic heterocycles. The number of nitrogens with zero attached hydrogens (tertiary/aromatic N) is 2. The Hall–Kier alpha value is -3.54. The van der Waals surface area contributed by atoms with Crippen molar-refractivity contribution in [2.75, 3.05) is 16.9 Å². The first-order chi connectivity index (χ1) is 17.6. The van der Waals surface area contributed by atoms with Gasteiger partial charge in [-0.1, -0.05) is 11.6 Å². The van der Waals surface area contributed by atoms with Gasteiger partial charge in [0, 0.05) is 24.7 Å². The molecule has 0 aliphatic heterocycles. The number of benzene rings is 1. The maximum absolute atomic E-state index is 13.3. The average molecular weight is 544 g/mol. The Morgan fingerprint density at radius 2 is 1.78 bits per heavy atom. The van der Waals surface area contributed by atoms with Gasteiger partial charge < -0.3 is 21.1 Å². The molecular weight excluding hydrogens is 518 g/mol. The first-order valence-electron chi connectivity index (χ1n) is 11.6. The summed E-state index contributed by atoms with van der Waals surface area (Å²) in [7, 11) is -3.54. The Bertz CT molecular complexity index is 1410. The summed E-state index contributed by atoms with van der Waals surface area (Å²) in [5.74, 6) is -0.778. The Kier molecular flexibility index (Phi) is 8.06. The molecule has 37 heavy (non-hydrogen) atoms. The minimum atomic E-state index is -3.54. The van der Waals surface area contributed by atoms with Crippen molar-refractivity contribution in [1.29, 1.82) is 0 Å². The van der Waals surface area contributed by atoms with Crippen LogP contribution in [0.15, 0.2) is 59.8 Å². The van der Waals surface area contributed by atoms with Crippen LogP contribution in [-0.2, 0) is 9.84 Å². The number of amides is 2. The molecule has 4 rings (SSSR count). The van der Waals surface area contributed by atoms with E-state index < -0.39 is 21.7 Å². The standard InChI is InChI=1S/C25H26ClN5O5S/c1-37(34,35)18-9-10-19(21(13-18)36-17-7-5-16(27)6-8-17)24(32)30-20-3-2-12-28-23(20)25(33)31-22-11-4-15(26)14-29-22/h2-4,9-14,16-17H,5-8,27H2,1H3,(H,30,32)(H,29,31,33)/t16-,17+. The molecule has 0 bridgehead atoms. The zero-order chi connectivity index (χ0) is 26.6. The first kappa shape index (κ1) is 26.5. The summed E-state index contributed by atoms with van der Waals surface area (Å²) in [6.07, 6.45) is 6.62. The molecule has 2 heterocycles. The number of halogens is 1. The van der Waals surface area contributed by atoms with E-state index in [1.165, 1.54) is 42.7 Å². The molecule has 2 amide bonds. The molecule has 0 saturated heterocycles. The van der Waals surface area contributed by atoms with E-state index in [2.05, 4.69) is 20.6 Å². The summed E-state index contributed by atoms with van der Waals surface area (Å²) in [4.78, 5) is 34.3. The molecule has 1 fully saturated rings. The number of sulfone groups is 1. The van der Waals surface area contributed by atoms with Crippen LogP contribution >= 0.6 is 11.6 Å². The van der Waals surface area contributed by atoms with Crippen LogP contribution in [0.4, 0.5) is 11.5 Å². The van der Waals surface area contributed by atoms with E-state index in [0.29, 0.717) is 17.9 Å². The number of carbonyl (C=O) groups is 2. The van der Waals surface area contributed by atoms with Crippen LogP contribution in [0.1, 0.15) is 46.5 Å². The normalized spacial score (nSPS) is 17.6. The van der Waals surface area contributed by atoms with Crippen molar-refractivity contribution in [3.05, 3.63) is 71.1 Å². The Morgan fingerprint density at radius 1 is 1.03 bits per heavy atom. The second-order valence-electron chi connectivity index (χ2n) is 8.75. The fourth-order valence-electron chi connectivity index (χ4n) is 3.91. The molecule has 0 atom stereocenters. The summed E-state index contributed by atoms with van der Waals surface area (Å²) in [6, 6.07) is 10.4. The largest absolute Gasteiger partial charge is 0.490 e. The number of hydrogen-bond donors (Lipinski definition) is 3. The molecule has 0 unspecified atom stereocenters. The molecule has 1 aliphatic carbocycles. The van der Waals surface area contributed by atoms with Gasteiger partial charge in [-0.25, -0.2) is 18.4 Å². The minimum absolute atomic E-state index is 0.0310. The molecule has 1 saturated carbocycles. The van der Waals surface area contributed by atoms with E-state index in [1.54, 1.807) is 12.1 Å². The van der Waals surface area contributed by atoms with Gasteiger partial charge in [-0.3, -0.25) is 9.59 Å². The Balaban J connectivity index is 1.59. The summed E-state index contributed by atoms with van der Waals surface area (Å²) in [5, 5.41) is 5.72. The predicted molar refractivity (Wildman–Crippen MR) is 140 cm³/mol. The van der Waals surface area contributed by atoms with E-state index >= 15 is 0 Å². The lowest BCUT2D eigenvalue weighted by molar-refractivity contribution is 0.101. The minimum Gasteiger partial charge on any atom is -0.490 e. The van der Waals surface area contributed by atoms with Gasteiger partial charge in [0.2, 0.25) is 0 Å². The third-order valence-electron chi connectivity index (χ3n) is 5.88. The third-order valence-corrected chi connectivity index (χ3v) is 7.21. The second kappa shape index (κ2) is 11.2. The average Bonchev–Trinajstić information content (AvgIpc) is 2.86. The zero-order valence-corrected chi connectivity index (χ0v) is 21.6. The number of aromatic nitrogens is 2. The van der Waals surface area contributed by atoms with Crippen molar-refractivity contribution < 1.29 is 22.7 Å². The van der Waals surface area contributed by atoms with Crippen LogP contribution in [0, 0.1) is 0 Å². The van der Waals surface area contributed by atoms with Gasteiger partial charge in [0.25, 0.3) is 11.8 Å². The number of carbonyl (C=O) groups excluding carboxylic acids is 2. The van der Waals surface area contributed by atoms with Gasteiger partial charge in [0.1, 0.15) is 11.6 Å². The highest BCUT2D eigenvalue weighted by Crippen LogP contribution is 2.29. The molecule has 1 aromatic carbocycles. The molecule has 4 N–H and O–H groups in total. The smallest absolute Gasteiger partial charge is 0.277 e. The van der Waals surface area contributed by atoms with E-state index in [1.807, 2.05) is 0 Å². The predicted octanol–water partition coefficient (Wildman–Crippen LogP) is 3.69. The summed E-state index contributed by atoms with van der Waals surface area (Å²) < 4.78 is 30.4. The Labute approximate surface area is 219 Å². The SMILES string of the molecule is CS(=O)(=O)c1ccc(C(=O)Nc2cccnc2C(=O)Nc2ccc(Cl)cn2)c(O[C@H]2CC[C@@H](N)CC2)c1. The number of nitrogens with two attached hydrogens (primary N) is 1. The van der Waals surface area contributed by atoms with E-state index in [4.69, 9.17) is 22.1 Å².